The summed E-state index contributed by atoms with van der Waals surface area (Å²) in [6.07, 6.45) is -0.323. The first-order chi connectivity index (χ1) is 7.02. The van der Waals surface area contributed by atoms with Crippen molar-refractivity contribution >= 4 is 35.0 Å². The van der Waals surface area contributed by atoms with Crippen LogP contribution in [0.2, 0.25) is 10.0 Å². The van der Waals surface area contributed by atoms with Crippen molar-refractivity contribution in [3.63, 3.8) is 0 Å². The van der Waals surface area contributed by atoms with E-state index >= 15 is 0 Å². The fourth-order valence-electron chi connectivity index (χ4n) is 1.02. The number of hydrogen-bond acceptors (Lipinski definition) is 2. The Hall–Kier alpha value is 0.110. The minimum Gasteiger partial charge on any atom is -0.392 e. The van der Waals surface area contributed by atoms with E-state index in [4.69, 9.17) is 23.2 Å². The normalized spacial score (nSPS) is 15.0. The molecule has 1 aromatic rings. The number of thioether (sulfide) groups is 1. The molecule has 0 saturated heterocycles. The van der Waals surface area contributed by atoms with Crippen LogP contribution in [-0.4, -0.2) is 16.5 Å². The number of aliphatic hydroxyl groups is 1. The number of aliphatic hydroxyl groups excluding tert-OH is 1. The maximum Gasteiger partial charge on any atom is 0.0628 e. The van der Waals surface area contributed by atoms with Crippen LogP contribution in [0.25, 0.3) is 0 Å². The minimum atomic E-state index is -0.323. The second kappa shape index (κ2) is 6.00. The van der Waals surface area contributed by atoms with Gasteiger partial charge in [0.1, 0.15) is 0 Å². The quantitative estimate of drug-likeness (QED) is 0.888. The summed E-state index contributed by atoms with van der Waals surface area (Å²) < 4.78 is 0. The van der Waals surface area contributed by atoms with E-state index < -0.39 is 0 Å². The van der Waals surface area contributed by atoms with Crippen molar-refractivity contribution in [2.24, 2.45) is 0 Å². The lowest BCUT2D eigenvalue weighted by Gasteiger charge is -2.15. The van der Waals surface area contributed by atoms with Crippen molar-refractivity contribution in [1.82, 2.24) is 0 Å². The van der Waals surface area contributed by atoms with Gasteiger partial charge in [0.15, 0.2) is 0 Å². The van der Waals surface area contributed by atoms with E-state index in [0.29, 0.717) is 10.0 Å². The van der Waals surface area contributed by atoms with Gasteiger partial charge in [0, 0.05) is 21.0 Å². The van der Waals surface area contributed by atoms with Crippen LogP contribution in [0.5, 0.6) is 0 Å². The second-order valence-corrected chi connectivity index (χ2v) is 5.64. The molecule has 4 heteroatoms. The van der Waals surface area contributed by atoms with Crippen molar-refractivity contribution in [2.75, 3.05) is 0 Å². The van der Waals surface area contributed by atoms with Gasteiger partial charge in [-0.1, -0.05) is 36.2 Å². The molecular formula is C11H14Cl2OS. The highest BCUT2D eigenvalue weighted by atomic mass is 35.5. The van der Waals surface area contributed by atoms with Gasteiger partial charge in [-0.25, -0.2) is 0 Å². The molecular weight excluding hydrogens is 251 g/mol. The number of benzene rings is 1. The first-order valence-corrected chi connectivity index (χ1v) is 6.55. The lowest BCUT2D eigenvalue weighted by atomic mass is 10.2. The van der Waals surface area contributed by atoms with Gasteiger partial charge in [0.05, 0.1) is 6.10 Å². The summed E-state index contributed by atoms with van der Waals surface area (Å²) in [5, 5.41) is 10.9. The summed E-state index contributed by atoms with van der Waals surface area (Å²) in [6.45, 7) is 3.77. The highest BCUT2D eigenvalue weighted by Gasteiger charge is 2.12. The molecule has 1 rings (SSSR count). The Morgan fingerprint density at radius 2 is 1.80 bits per heavy atom. The largest absolute Gasteiger partial charge is 0.392 e. The Labute approximate surface area is 105 Å². The Bertz CT molecular complexity index is 308. The van der Waals surface area contributed by atoms with E-state index in [-0.39, 0.29) is 11.4 Å². The molecule has 0 aliphatic carbocycles. The van der Waals surface area contributed by atoms with Crippen LogP contribution < -0.4 is 0 Å². The highest BCUT2D eigenvalue weighted by Crippen LogP contribution is 2.30. The van der Waals surface area contributed by atoms with Gasteiger partial charge in [-0.2, -0.15) is 11.8 Å². The molecule has 0 aliphatic heterocycles. The van der Waals surface area contributed by atoms with Crippen LogP contribution in [0.15, 0.2) is 18.2 Å². The van der Waals surface area contributed by atoms with Crippen LogP contribution in [-0.2, 0) is 5.75 Å². The maximum absolute atomic E-state index is 9.35. The Kier molecular flexibility index (Phi) is 5.27. The fourth-order valence-corrected chi connectivity index (χ4v) is 2.73. The first-order valence-electron chi connectivity index (χ1n) is 4.75. The van der Waals surface area contributed by atoms with Gasteiger partial charge in [-0.15, -0.1) is 0 Å². The molecule has 0 aromatic heterocycles. The smallest absolute Gasteiger partial charge is 0.0628 e. The van der Waals surface area contributed by atoms with Crippen molar-refractivity contribution in [3.05, 3.63) is 33.8 Å². The van der Waals surface area contributed by atoms with Gasteiger partial charge < -0.3 is 5.11 Å². The van der Waals surface area contributed by atoms with Gasteiger partial charge in [0.2, 0.25) is 0 Å². The molecule has 0 radical (unpaired) electrons. The number of hydrogen-bond donors (Lipinski definition) is 1. The van der Waals surface area contributed by atoms with Gasteiger partial charge in [0.25, 0.3) is 0 Å². The predicted molar refractivity (Wildman–Crippen MR) is 68.9 cm³/mol. The molecule has 0 fully saturated rings. The van der Waals surface area contributed by atoms with E-state index in [0.717, 1.165) is 11.3 Å². The van der Waals surface area contributed by atoms with E-state index in [2.05, 4.69) is 0 Å². The van der Waals surface area contributed by atoms with Crippen LogP contribution in [0, 0.1) is 0 Å². The van der Waals surface area contributed by atoms with Crippen LogP contribution >= 0.6 is 35.0 Å². The van der Waals surface area contributed by atoms with E-state index in [1.54, 1.807) is 18.7 Å². The van der Waals surface area contributed by atoms with Crippen molar-refractivity contribution in [1.29, 1.82) is 0 Å². The zero-order chi connectivity index (χ0) is 11.4. The molecule has 0 heterocycles. The summed E-state index contributed by atoms with van der Waals surface area (Å²) in [7, 11) is 0. The zero-order valence-electron chi connectivity index (χ0n) is 8.71. The third-order valence-corrected chi connectivity index (χ3v) is 4.31. The SMILES string of the molecule is CC(O)C(C)SCc1c(Cl)cccc1Cl. The Balaban J connectivity index is 2.65. The molecule has 1 nitrogen and oxygen atoms in total. The topological polar surface area (TPSA) is 20.2 Å². The lowest BCUT2D eigenvalue weighted by molar-refractivity contribution is 0.196. The van der Waals surface area contributed by atoms with Gasteiger partial charge in [-0.05, 0) is 24.6 Å². The summed E-state index contributed by atoms with van der Waals surface area (Å²) in [5.41, 5.74) is 0.943. The fraction of sp³-hybridized carbons (Fsp3) is 0.455. The van der Waals surface area contributed by atoms with E-state index in [1.165, 1.54) is 0 Å². The lowest BCUT2D eigenvalue weighted by Crippen LogP contribution is -2.15. The van der Waals surface area contributed by atoms with E-state index in [9.17, 15) is 5.11 Å². The third-order valence-electron chi connectivity index (χ3n) is 2.23. The molecule has 2 atom stereocenters. The first kappa shape index (κ1) is 13.2. The van der Waals surface area contributed by atoms with Crippen LogP contribution in [0.4, 0.5) is 0 Å². The van der Waals surface area contributed by atoms with Crippen LogP contribution in [0.3, 0.4) is 0 Å². The molecule has 84 valence electrons. The average Bonchev–Trinajstić information content (AvgIpc) is 2.16. The third kappa shape index (κ3) is 3.87. The molecule has 0 saturated carbocycles. The number of halogens is 2. The predicted octanol–water partition coefficient (Wildman–Crippen LogP) is 4.00. The molecule has 15 heavy (non-hydrogen) atoms. The summed E-state index contributed by atoms with van der Waals surface area (Å²) >= 11 is 13.7. The highest BCUT2D eigenvalue weighted by molar-refractivity contribution is 7.99. The molecule has 0 spiro atoms. The van der Waals surface area contributed by atoms with Crippen molar-refractivity contribution < 1.29 is 5.11 Å². The molecule has 2 unspecified atom stereocenters. The molecule has 1 aromatic carbocycles. The van der Waals surface area contributed by atoms with E-state index in [1.807, 2.05) is 25.1 Å². The standard InChI is InChI=1S/C11H14Cl2OS/c1-7(14)8(2)15-6-9-10(12)4-3-5-11(9)13/h3-5,7-8,14H,6H2,1-2H3. The van der Waals surface area contributed by atoms with Crippen LogP contribution in [0.1, 0.15) is 19.4 Å². The molecule has 0 bridgehead atoms. The number of rotatable bonds is 4. The van der Waals surface area contributed by atoms with Crippen molar-refractivity contribution in [2.45, 2.75) is 31.0 Å². The zero-order valence-corrected chi connectivity index (χ0v) is 11.0. The van der Waals surface area contributed by atoms with Gasteiger partial charge >= 0.3 is 0 Å². The van der Waals surface area contributed by atoms with Gasteiger partial charge in [-0.3, -0.25) is 0 Å². The average molecular weight is 265 g/mol. The van der Waals surface area contributed by atoms with Crippen molar-refractivity contribution in [3.8, 4) is 0 Å². The minimum absolute atomic E-state index is 0.178. The molecule has 0 aliphatic rings. The summed E-state index contributed by atoms with van der Waals surface area (Å²) in [6, 6.07) is 5.49. The summed E-state index contributed by atoms with van der Waals surface area (Å²) in [5.74, 6) is 0.727. The monoisotopic (exact) mass is 264 g/mol. The Morgan fingerprint density at radius 3 is 2.27 bits per heavy atom. The maximum atomic E-state index is 9.35. The summed E-state index contributed by atoms with van der Waals surface area (Å²) in [4.78, 5) is 0. The Morgan fingerprint density at radius 1 is 1.27 bits per heavy atom. The molecule has 0 amide bonds. The second-order valence-electron chi connectivity index (χ2n) is 3.46. The molecule has 1 N–H and O–H groups in total.